The van der Waals surface area contributed by atoms with Crippen LogP contribution in [0.2, 0.25) is 0 Å². The molecule has 13 heavy (non-hydrogen) atoms. The first-order valence-electron chi connectivity index (χ1n) is 4.89. The van der Waals surface area contributed by atoms with E-state index in [0.717, 1.165) is 6.54 Å². The molecule has 1 aromatic rings. The standard InChI is InChI=1S/C11H16N2/c12-8-10-4-1-2-5-11(10)9-13-6-3-7-13/h1-2,4-5H,3,6-9,12H2. The molecular formula is C11H16N2. The molecule has 1 fully saturated rings. The SMILES string of the molecule is NCc1ccccc1CN1CCC1. The van der Waals surface area contributed by atoms with Crippen LogP contribution in [0.25, 0.3) is 0 Å². The summed E-state index contributed by atoms with van der Waals surface area (Å²) >= 11 is 0. The van der Waals surface area contributed by atoms with Gasteiger partial charge in [-0.05, 0) is 30.6 Å². The molecule has 70 valence electrons. The summed E-state index contributed by atoms with van der Waals surface area (Å²) < 4.78 is 0. The first kappa shape index (κ1) is 8.73. The summed E-state index contributed by atoms with van der Waals surface area (Å²) in [5, 5.41) is 0. The van der Waals surface area contributed by atoms with Gasteiger partial charge in [0.05, 0.1) is 0 Å². The summed E-state index contributed by atoms with van der Waals surface area (Å²) in [7, 11) is 0. The topological polar surface area (TPSA) is 29.3 Å². The van der Waals surface area contributed by atoms with Gasteiger partial charge in [0, 0.05) is 13.1 Å². The second-order valence-corrected chi connectivity index (χ2v) is 3.60. The van der Waals surface area contributed by atoms with Crippen LogP contribution in [-0.4, -0.2) is 18.0 Å². The molecule has 2 heteroatoms. The Morgan fingerprint density at radius 1 is 1.15 bits per heavy atom. The van der Waals surface area contributed by atoms with Crippen LogP contribution in [0.15, 0.2) is 24.3 Å². The minimum Gasteiger partial charge on any atom is -0.326 e. The van der Waals surface area contributed by atoms with Crippen molar-refractivity contribution in [3.63, 3.8) is 0 Å². The third-order valence-corrected chi connectivity index (χ3v) is 2.68. The van der Waals surface area contributed by atoms with Crippen LogP contribution in [0.1, 0.15) is 17.5 Å². The molecule has 1 aromatic carbocycles. The van der Waals surface area contributed by atoms with Crippen molar-refractivity contribution >= 4 is 0 Å². The molecule has 2 N–H and O–H groups in total. The van der Waals surface area contributed by atoms with Gasteiger partial charge in [-0.25, -0.2) is 0 Å². The second kappa shape index (κ2) is 3.90. The van der Waals surface area contributed by atoms with Crippen molar-refractivity contribution in [3.8, 4) is 0 Å². The minimum absolute atomic E-state index is 0.657. The monoisotopic (exact) mass is 176 g/mol. The normalized spacial score (nSPS) is 17.0. The van der Waals surface area contributed by atoms with Crippen molar-refractivity contribution < 1.29 is 0 Å². The van der Waals surface area contributed by atoms with Gasteiger partial charge in [-0.2, -0.15) is 0 Å². The summed E-state index contributed by atoms with van der Waals surface area (Å²) in [6.07, 6.45) is 1.35. The summed E-state index contributed by atoms with van der Waals surface area (Å²) in [6, 6.07) is 8.45. The Hall–Kier alpha value is -0.860. The van der Waals surface area contributed by atoms with Crippen LogP contribution in [0.5, 0.6) is 0 Å². The van der Waals surface area contributed by atoms with Crippen molar-refractivity contribution in [2.75, 3.05) is 13.1 Å². The Morgan fingerprint density at radius 2 is 1.85 bits per heavy atom. The summed E-state index contributed by atoms with van der Waals surface area (Å²) in [4.78, 5) is 2.45. The molecule has 1 aliphatic heterocycles. The maximum absolute atomic E-state index is 5.67. The molecule has 1 aliphatic rings. The molecule has 0 radical (unpaired) electrons. The predicted octanol–water partition coefficient (Wildman–Crippen LogP) is 1.35. The van der Waals surface area contributed by atoms with Crippen molar-refractivity contribution in [2.45, 2.75) is 19.5 Å². The number of hydrogen-bond donors (Lipinski definition) is 1. The number of nitrogens with zero attached hydrogens (tertiary/aromatic N) is 1. The maximum Gasteiger partial charge on any atom is 0.0236 e. The van der Waals surface area contributed by atoms with Gasteiger partial charge in [0.15, 0.2) is 0 Å². The number of nitrogens with two attached hydrogens (primary N) is 1. The lowest BCUT2D eigenvalue weighted by Crippen LogP contribution is -2.36. The van der Waals surface area contributed by atoms with E-state index in [2.05, 4.69) is 29.2 Å². The van der Waals surface area contributed by atoms with E-state index < -0.39 is 0 Å². The Bertz CT molecular complexity index is 279. The van der Waals surface area contributed by atoms with E-state index in [4.69, 9.17) is 5.73 Å². The second-order valence-electron chi connectivity index (χ2n) is 3.60. The van der Waals surface area contributed by atoms with Gasteiger partial charge in [0.2, 0.25) is 0 Å². The summed E-state index contributed by atoms with van der Waals surface area (Å²) in [5.74, 6) is 0. The van der Waals surface area contributed by atoms with E-state index in [1.807, 2.05) is 0 Å². The molecule has 1 saturated heterocycles. The number of benzene rings is 1. The first-order valence-corrected chi connectivity index (χ1v) is 4.89. The van der Waals surface area contributed by atoms with Crippen LogP contribution in [-0.2, 0) is 13.1 Å². The predicted molar refractivity (Wildman–Crippen MR) is 54.2 cm³/mol. The molecule has 0 atom stereocenters. The quantitative estimate of drug-likeness (QED) is 0.753. The smallest absolute Gasteiger partial charge is 0.0236 e. The highest BCUT2D eigenvalue weighted by atomic mass is 15.2. The van der Waals surface area contributed by atoms with E-state index in [9.17, 15) is 0 Å². The largest absolute Gasteiger partial charge is 0.326 e. The van der Waals surface area contributed by atoms with Crippen LogP contribution >= 0.6 is 0 Å². The number of hydrogen-bond acceptors (Lipinski definition) is 2. The number of likely N-dealkylation sites (tertiary alicyclic amines) is 1. The Morgan fingerprint density at radius 3 is 2.38 bits per heavy atom. The van der Waals surface area contributed by atoms with E-state index in [0.29, 0.717) is 6.54 Å². The maximum atomic E-state index is 5.67. The van der Waals surface area contributed by atoms with E-state index in [1.165, 1.54) is 30.6 Å². The fourth-order valence-electron chi connectivity index (χ4n) is 1.69. The van der Waals surface area contributed by atoms with Gasteiger partial charge in [0.1, 0.15) is 0 Å². The molecule has 1 heterocycles. The molecule has 0 bridgehead atoms. The fraction of sp³-hybridized carbons (Fsp3) is 0.455. The highest BCUT2D eigenvalue weighted by molar-refractivity contribution is 5.26. The van der Waals surface area contributed by atoms with Crippen molar-refractivity contribution in [1.82, 2.24) is 4.90 Å². The highest BCUT2D eigenvalue weighted by Gasteiger charge is 2.14. The highest BCUT2D eigenvalue weighted by Crippen LogP contribution is 2.15. The zero-order valence-corrected chi connectivity index (χ0v) is 7.87. The van der Waals surface area contributed by atoms with Crippen LogP contribution < -0.4 is 5.73 Å². The minimum atomic E-state index is 0.657. The molecular weight excluding hydrogens is 160 g/mol. The zero-order valence-electron chi connectivity index (χ0n) is 7.87. The molecule has 0 aromatic heterocycles. The summed E-state index contributed by atoms with van der Waals surface area (Å²) in [6.45, 7) is 4.23. The molecule has 0 saturated carbocycles. The summed E-state index contributed by atoms with van der Waals surface area (Å²) in [5.41, 5.74) is 8.35. The van der Waals surface area contributed by atoms with Gasteiger partial charge in [-0.3, -0.25) is 4.90 Å². The lowest BCUT2D eigenvalue weighted by molar-refractivity contribution is 0.172. The average molecular weight is 176 g/mol. The average Bonchev–Trinajstić information content (AvgIpc) is 2.12. The lowest BCUT2D eigenvalue weighted by atomic mass is 10.1. The van der Waals surface area contributed by atoms with Crippen LogP contribution in [0, 0.1) is 0 Å². The van der Waals surface area contributed by atoms with Gasteiger partial charge < -0.3 is 5.73 Å². The Labute approximate surface area is 79.4 Å². The van der Waals surface area contributed by atoms with Crippen molar-refractivity contribution in [2.24, 2.45) is 5.73 Å². The third-order valence-electron chi connectivity index (χ3n) is 2.68. The molecule has 2 nitrogen and oxygen atoms in total. The van der Waals surface area contributed by atoms with E-state index in [-0.39, 0.29) is 0 Å². The first-order chi connectivity index (χ1) is 6.40. The van der Waals surface area contributed by atoms with E-state index >= 15 is 0 Å². The Kier molecular flexibility index (Phi) is 2.62. The molecule has 0 spiro atoms. The fourth-order valence-corrected chi connectivity index (χ4v) is 1.69. The van der Waals surface area contributed by atoms with Crippen LogP contribution in [0.3, 0.4) is 0 Å². The zero-order chi connectivity index (χ0) is 9.10. The van der Waals surface area contributed by atoms with Gasteiger partial charge in [-0.1, -0.05) is 24.3 Å². The lowest BCUT2D eigenvalue weighted by Gasteiger charge is -2.31. The molecule has 0 unspecified atom stereocenters. The van der Waals surface area contributed by atoms with E-state index in [1.54, 1.807) is 0 Å². The molecule has 0 amide bonds. The van der Waals surface area contributed by atoms with Crippen LogP contribution in [0.4, 0.5) is 0 Å². The molecule has 0 aliphatic carbocycles. The Balaban J connectivity index is 2.08. The van der Waals surface area contributed by atoms with Crippen molar-refractivity contribution in [3.05, 3.63) is 35.4 Å². The molecule has 2 rings (SSSR count). The van der Waals surface area contributed by atoms with Gasteiger partial charge in [-0.15, -0.1) is 0 Å². The van der Waals surface area contributed by atoms with Gasteiger partial charge in [0.25, 0.3) is 0 Å². The van der Waals surface area contributed by atoms with Gasteiger partial charge >= 0.3 is 0 Å². The van der Waals surface area contributed by atoms with Crippen molar-refractivity contribution in [1.29, 1.82) is 0 Å². The third kappa shape index (κ3) is 1.90. The number of rotatable bonds is 3.